The van der Waals surface area contributed by atoms with E-state index in [0.717, 1.165) is 26.4 Å². The minimum Gasteiger partial charge on any atom is -0.508 e. The third-order valence-corrected chi connectivity index (χ3v) is 5.16. The Balaban J connectivity index is 1.67. The zero-order valence-corrected chi connectivity index (χ0v) is 17.2. The molecule has 0 aromatic heterocycles. The molecule has 0 aliphatic heterocycles. The van der Waals surface area contributed by atoms with Gasteiger partial charge in [0.05, 0.1) is 6.54 Å². The molecule has 1 amide bonds. The average Bonchev–Trinajstić information content (AvgIpc) is 2.69. The van der Waals surface area contributed by atoms with Gasteiger partial charge in [0.2, 0.25) is 5.91 Å². The van der Waals surface area contributed by atoms with E-state index in [2.05, 4.69) is 21.2 Å². The molecule has 3 aromatic carbocycles. The van der Waals surface area contributed by atoms with Gasteiger partial charge in [-0.1, -0.05) is 47.1 Å². The molecule has 6 heteroatoms. The molecule has 0 saturated heterocycles. The number of fused-ring (bicyclic) bond motifs is 1. The van der Waals surface area contributed by atoms with Crippen molar-refractivity contribution in [2.24, 2.45) is 0 Å². The second-order valence-electron chi connectivity index (χ2n) is 6.64. The summed E-state index contributed by atoms with van der Waals surface area (Å²) < 4.78 is 13.9. The Morgan fingerprint density at radius 1 is 1.14 bits per heavy atom. The Kier molecular flexibility index (Phi) is 6.65. The van der Waals surface area contributed by atoms with Crippen LogP contribution in [0.4, 0.5) is 4.39 Å². The molecule has 0 spiro atoms. The lowest BCUT2D eigenvalue weighted by Gasteiger charge is -2.21. The van der Waals surface area contributed by atoms with Crippen LogP contribution in [-0.2, 0) is 17.9 Å². The standard InChI is InChI=1S/C22H22BrFN2O2/c1-2-26(14-22(28)25-12-15-3-7-18(24)8-4-15)13-20-19-9-6-17(23)11-16(19)5-10-21(20)27/h3-11,27H,2,12-14H2,1H3,(H,25,28). The molecular formula is C22H22BrFN2O2. The zero-order chi connectivity index (χ0) is 20.1. The van der Waals surface area contributed by atoms with E-state index < -0.39 is 0 Å². The second-order valence-corrected chi connectivity index (χ2v) is 7.55. The highest BCUT2D eigenvalue weighted by atomic mass is 79.9. The van der Waals surface area contributed by atoms with Crippen LogP contribution in [-0.4, -0.2) is 29.0 Å². The van der Waals surface area contributed by atoms with Crippen LogP contribution in [0, 0.1) is 5.82 Å². The van der Waals surface area contributed by atoms with Crippen LogP contribution in [0.5, 0.6) is 5.75 Å². The van der Waals surface area contributed by atoms with Gasteiger partial charge >= 0.3 is 0 Å². The van der Waals surface area contributed by atoms with Crippen LogP contribution in [0.3, 0.4) is 0 Å². The Labute approximate surface area is 172 Å². The third-order valence-electron chi connectivity index (χ3n) is 4.67. The van der Waals surface area contributed by atoms with Crippen LogP contribution in [0.25, 0.3) is 10.8 Å². The quantitative estimate of drug-likeness (QED) is 0.560. The summed E-state index contributed by atoms with van der Waals surface area (Å²) in [6, 6.07) is 15.5. The van der Waals surface area contributed by atoms with E-state index in [0.29, 0.717) is 19.6 Å². The molecule has 28 heavy (non-hydrogen) atoms. The molecule has 2 N–H and O–H groups in total. The molecule has 0 unspecified atom stereocenters. The van der Waals surface area contributed by atoms with Crippen molar-refractivity contribution >= 4 is 32.6 Å². The van der Waals surface area contributed by atoms with Gasteiger partial charge in [0, 0.05) is 23.1 Å². The number of hydrogen-bond donors (Lipinski definition) is 2. The van der Waals surface area contributed by atoms with Crippen molar-refractivity contribution in [1.82, 2.24) is 10.2 Å². The predicted molar refractivity (Wildman–Crippen MR) is 113 cm³/mol. The number of benzene rings is 3. The number of nitrogens with one attached hydrogen (secondary N) is 1. The van der Waals surface area contributed by atoms with Crippen molar-refractivity contribution in [1.29, 1.82) is 0 Å². The molecule has 0 fully saturated rings. The zero-order valence-electron chi connectivity index (χ0n) is 15.6. The molecule has 0 bridgehead atoms. The van der Waals surface area contributed by atoms with Crippen molar-refractivity contribution in [3.05, 3.63) is 76.0 Å². The largest absolute Gasteiger partial charge is 0.508 e. The summed E-state index contributed by atoms with van der Waals surface area (Å²) in [6.07, 6.45) is 0. The molecule has 3 aromatic rings. The first-order valence-electron chi connectivity index (χ1n) is 9.10. The maximum absolute atomic E-state index is 13.0. The Morgan fingerprint density at radius 2 is 1.89 bits per heavy atom. The van der Waals surface area contributed by atoms with Crippen LogP contribution in [0.2, 0.25) is 0 Å². The van der Waals surface area contributed by atoms with E-state index in [-0.39, 0.29) is 24.0 Å². The van der Waals surface area contributed by atoms with Crippen molar-refractivity contribution in [2.45, 2.75) is 20.0 Å². The van der Waals surface area contributed by atoms with E-state index in [9.17, 15) is 14.3 Å². The van der Waals surface area contributed by atoms with Gasteiger partial charge in [-0.25, -0.2) is 4.39 Å². The number of halogens is 2. The maximum Gasteiger partial charge on any atom is 0.234 e. The van der Waals surface area contributed by atoms with Gasteiger partial charge in [-0.3, -0.25) is 9.69 Å². The number of likely N-dealkylation sites (N-methyl/N-ethyl adjacent to an activating group) is 1. The summed E-state index contributed by atoms with van der Waals surface area (Å²) >= 11 is 3.47. The Bertz CT molecular complexity index is 976. The van der Waals surface area contributed by atoms with E-state index in [1.807, 2.05) is 36.1 Å². The number of rotatable bonds is 7. The minimum atomic E-state index is -0.297. The minimum absolute atomic E-state index is 0.117. The van der Waals surface area contributed by atoms with Gasteiger partial charge in [-0.2, -0.15) is 0 Å². The van der Waals surface area contributed by atoms with Crippen LogP contribution in [0.1, 0.15) is 18.1 Å². The Morgan fingerprint density at radius 3 is 2.61 bits per heavy atom. The second kappa shape index (κ2) is 9.17. The molecular weight excluding hydrogens is 423 g/mol. The maximum atomic E-state index is 13.0. The highest BCUT2D eigenvalue weighted by Gasteiger charge is 2.14. The number of hydrogen-bond acceptors (Lipinski definition) is 3. The molecule has 4 nitrogen and oxygen atoms in total. The van der Waals surface area contributed by atoms with Gasteiger partial charge in [0.1, 0.15) is 11.6 Å². The van der Waals surface area contributed by atoms with Crippen molar-refractivity contribution in [3.8, 4) is 5.75 Å². The highest BCUT2D eigenvalue weighted by molar-refractivity contribution is 9.10. The molecule has 0 heterocycles. The lowest BCUT2D eigenvalue weighted by Crippen LogP contribution is -2.36. The average molecular weight is 445 g/mol. The summed E-state index contributed by atoms with van der Waals surface area (Å²) in [7, 11) is 0. The predicted octanol–water partition coefficient (Wildman–Crippen LogP) is 4.59. The van der Waals surface area contributed by atoms with Crippen LogP contribution < -0.4 is 5.32 Å². The summed E-state index contributed by atoms with van der Waals surface area (Å²) in [5.74, 6) is -0.192. The number of aromatic hydroxyl groups is 1. The van der Waals surface area contributed by atoms with E-state index in [1.54, 1.807) is 18.2 Å². The number of phenols is 1. The molecule has 0 aliphatic carbocycles. The fourth-order valence-corrected chi connectivity index (χ4v) is 3.46. The smallest absolute Gasteiger partial charge is 0.234 e. The highest BCUT2D eigenvalue weighted by Crippen LogP contribution is 2.30. The van der Waals surface area contributed by atoms with Gasteiger partial charge < -0.3 is 10.4 Å². The van der Waals surface area contributed by atoms with Crippen LogP contribution >= 0.6 is 15.9 Å². The number of carbonyl (C=O) groups is 1. The van der Waals surface area contributed by atoms with Crippen LogP contribution in [0.15, 0.2) is 59.1 Å². The third kappa shape index (κ3) is 5.09. The summed E-state index contributed by atoms with van der Waals surface area (Å²) in [4.78, 5) is 14.3. The molecule has 0 aliphatic rings. The summed E-state index contributed by atoms with van der Waals surface area (Å²) in [5, 5.41) is 15.2. The molecule has 0 atom stereocenters. The fraction of sp³-hybridized carbons (Fsp3) is 0.227. The number of phenolic OH excluding ortho intramolecular Hbond substituents is 1. The number of amides is 1. The van der Waals surface area contributed by atoms with E-state index in [1.165, 1.54) is 12.1 Å². The summed E-state index contributed by atoms with van der Waals surface area (Å²) in [6.45, 7) is 3.67. The van der Waals surface area contributed by atoms with Crippen molar-refractivity contribution in [3.63, 3.8) is 0 Å². The van der Waals surface area contributed by atoms with Gasteiger partial charge in [0.15, 0.2) is 0 Å². The number of carbonyl (C=O) groups excluding carboxylic acids is 1. The first kappa shape index (κ1) is 20.3. The van der Waals surface area contributed by atoms with Crippen molar-refractivity contribution in [2.75, 3.05) is 13.1 Å². The molecule has 146 valence electrons. The topological polar surface area (TPSA) is 52.6 Å². The first-order valence-corrected chi connectivity index (χ1v) is 9.89. The molecule has 3 rings (SSSR count). The van der Waals surface area contributed by atoms with Crippen molar-refractivity contribution < 1.29 is 14.3 Å². The van der Waals surface area contributed by atoms with Gasteiger partial charge in [0.25, 0.3) is 0 Å². The molecule has 0 radical (unpaired) electrons. The fourth-order valence-electron chi connectivity index (χ4n) is 3.08. The molecule has 0 saturated carbocycles. The monoisotopic (exact) mass is 444 g/mol. The number of nitrogens with zero attached hydrogens (tertiary/aromatic N) is 1. The van der Waals surface area contributed by atoms with Gasteiger partial charge in [-0.15, -0.1) is 0 Å². The van der Waals surface area contributed by atoms with Gasteiger partial charge in [-0.05, 0) is 53.2 Å². The summed E-state index contributed by atoms with van der Waals surface area (Å²) in [5.41, 5.74) is 1.65. The normalized spacial score (nSPS) is 11.1. The SMILES string of the molecule is CCN(CC(=O)NCc1ccc(F)cc1)Cc1c(O)ccc2cc(Br)ccc12. The lowest BCUT2D eigenvalue weighted by molar-refractivity contribution is -0.122. The van der Waals surface area contributed by atoms with E-state index >= 15 is 0 Å². The first-order chi connectivity index (χ1) is 13.5. The van der Waals surface area contributed by atoms with E-state index in [4.69, 9.17) is 0 Å². The Hall–Kier alpha value is -2.44. The lowest BCUT2D eigenvalue weighted by atomic mass is 10.0.